The van der Waals surface area contributed by atoms with Crippen molar-refractivity contribution in [1.82, 2.24) is 10.3 Å². The highest BCUT2D eigenvalue weighted by Gasteiger charge is 2.09. The quantitative estimate of drug-likeness (QED) is 0.461. The fourth-order valence-corrected chi connectivity index (χ4v) is 2.03. The number of anilines is 1. The van der Waals surface area contributed by atoms with Gasteiger partial charge < -0.3 is 10.7 Å². The van der Waals surface area contributed by atoms with E-state index in [2.05, 4.69) is 15.7 Å². The Morgan fingerprint density at radius 2 is 2.00 bits per heavy atom. The molecule has 0 aliphatic rings. The number of benzene rings is 1. The van der Waals surface area contributed by atoms with Crippen LogP contribution in [0.4, 0.5) is 5.82 Å². The summed E-state index contributed by atoms with van der Waals surface area (Å²) >= 11 is 11.8. The van der Waals surface area contributed by atoms with Gasteiger partial charge in [0.15, 0.2) is 0 Å². The number of hydrogen-bond donors (Lipinski definition) is 3. The maximum Gasteiger partial charge on any atom is 0.251 e. The summed E-state index contributed by atoms with van der Waals surface area (Å²) in [6.07, 6.45) is 0. The number of carbonyl (C=O) groups is 1. The molecule has 1 aromatic heterocycles. The second kappa shape index (κ2) is 6.56. The average Bonchev–Trinajstić information content (AvgIpc) is 2.45. The molecule has 0 aliphatic heterocycles. The lowest BCUT2D eigenvalue weighted by Gasteiger charge is -2.08. The lowest BCUT2D eigenvalue weighted by Crippen LogP contribution is -2.23. The van der Waals surface area contributed by atoms with E-state index in [0.29, 0.717) is 22.9 Å². The summed E-state index contributed by atoms with van der Waals surface area (Å²) in [6, 6.07) is 10.3. The Bertz CT molecular complexity index is 634. The molecule has 7 heteroatoms. The summed E-state index contributed by atoms with van der Waals surface area (Å²) in [6.45, 7) is 0.323. The maximum absolute atomic E-state index is 12.0. The van der Waals surface area contributed by atoms with Gasteiger partial charge >= 0.3 is 0 Å². The molecule has 104 valence electrons. The van der Waals surface area contributed by atoms with Crippen LogP contribution in [0.1, 0.15) is 15.9 Å². The standard InChI is InChI=1S/C13H12Cl2N4O/c14-10-4-2-1-3-8(10)7-17-13(20)9-5-11(15)18-12(6-9)19-16/h1-6H,7,16H2,(H,17,20)(H,18,19). The molecule has 1 aromatic carbocycles. The van der Waals surface area contributed by atoms with Crippen LogP contribution in [0.3, 0.4) is 0 Å². The zero-order valence-electron chi connectivity index (χ0n) is 10.4. The average molecular weight is 311 g/mol. The molecule has 0 atom stereocenters. The second-order valence-electron chi connectivity index (χ2n) is 3.98. The number of hydrazine groups is 1. The first-order chi connectivity index (χ1) is 9.60. The Labute approximate surface area is 126 Å². The fraction of sp³-hybridized carbons (Fsp3) is 0.0769. The van der Waals surface area contributed by atoms with E-state index in [1.165, 1.54) is 12.1 Å². The molecule has 5 nitrogen and oxygen atoms in total. The highest BCUT2D eigenvalue weighted by Crippen LogP contribution is 2.16. The Morgan fingerprint density at radius 3 is 2.70 bits per heavy atom. The number of nitrogens with zero attached hydrogens (tertiary/aromatic N) is 1. The van der Waals surface area contributed by atoms with Gasteiger partial charge in [-0.05, 0) is 23.8 Å². The van der Waals surface area contributed by atoms with E-state index < -0.39 is 0 Å². The zero-order valence-corrected chi connectivity index (χ0v) is 11.9. The van der Waals surface area contributed by atoms with E-state index in [4.69, 9.17) is 29.0 Å². The number of halogens is 2. The molecule has 0 bridgehead atoms. The van der Waals surface area contributed by atoms with Crippen LogP contribution in [0.2, 0.25) is 10.2 Å². The van der Waals surface area contributed by atoms with Crippen LogP contribution >= 0.6 is 23.2 Å². The maximum atomic E-state index is 12.0. The minimum atomic E-state index is -0.286. The Hall–Kier alpha value is -1.82. The van der Waals surface area contributed by atoms with Gasteiger partial charge in [0.2, 0.25) is 0 Å². The molecule has 0 aliphatic carbocycles. The SMILES string of the molecule is NNc1cc(C(=O)NCc2ccccc2Cl)cc(Cl)n1. The lowest BCUT2D eigenvalue weighted by molar-refractivity contribution is 0.0951. The van der Waals surface area contributed by atoms with Gasteiger partial charge in [0.25, 0.3) is 5.91 Å². The highest BCUT2D eigenvalue weighted by molar-refractivity contribution is 6.31. The van der Waals surface area contributed by atoms with E-state index in [-0.39, 0.29) is 11.1 Å². The molecule has 0 fully saturated rings. The zero-order chi connectivity index (χ0) is 14.5. The van der Waals surface area contributed by atoms with Gasteiger partial charge in [-0.25, -0.2) is 10.8 Å². The number of carbonyl (C=O) groups excluding carboxylic acids is 1. The van der Waals surface area contributed by atoms with E-state index in [1.54, 1.807) is 6.07 Å². The van der Waals surface area contributed by atoms with Gasteiger partial charge in [-0.1, -0.05) is 41.4 Å². The first-order valence-electron chi connectivity index (χ1n) is 5.76. The first-order valence-corrected chi connectivity index (χ1v) is 6.51. The Balaban J connectivity index is 2.09. The third kappa shape index (κ3) is 3.60. The van der Waals surface area contributed by atoms with Gasteiger partial charge in [-0.15, -0.1) is 0 Å². The Kier molecular flexibility index (Phi) is 4.79. The molecule has 0 spiro atoms. The van der Waals surface area contributed by atoms with Crippen LogP contribution < -0.4 is 16.6 Å². The normalized spacial score (nSPS) is 10.2. The molecule has 0 unspecified atom stereocenters. The van der Waals surface area contributed by atoms with E-state index >= 15 is 0 Å². The summed E-state index contributed by atoms with van der Waals surface area (Å²) < 4.78 is 0. The molecule has 1 amide bonds. The summed E-state index contributed by atoms with van der Waals surface area (Å²) in [5, 5.41) is 3.54. The van der Waals surface area contributed by atoms with Gasteiger partial charge in [0.1, 0.15) is 11.0 Å². The highest BCUT2D eigenvalue weighted by atomic mass is 35.5. The van der Waals surface area contributed by atoms with Crippen LogP contribution in [0.25, 0.3) is 0 Å². The predicted molar refractivity (Wildman–Crippen MR) is 79.7 cm³/mol. The van der Waals surface area contributed by atoms with Crippen molar-refractivity contribution in [2.45, 2.75) is 6.54 Å². The van der Waals surface area contributed by atoms with Crippen molar-refractivity contribution in [3.8, 4) is 0 Å². The molecular weight excluding hydrogens is 299 g/mol. The minimum Gasteiger partial charge on any atom is -0.348 e. The first kappa shape index (κ1) is 14.6. The molecule has 20 heavy (non-hydrogen) atoms. The minimum absolute atomic E-state index is 0.184. The van der Waals surface area contributed by atoms with Gasteiger partial charge in [0, 0.05) is 17.1 Å². The Morgan fingerprint density at radius 1 is 1.25 bits per heavy atom. The predicted octanol–water partition coefficient (Wildman–Crippen LogP) is 2.60. The van der Waals surface area contributed by atoms with Crippen LogP contribution in [0.5, 0.6) is 0 Å². The second-order valence-corrected chi connectivity index (χ2v) is 4.78. The number of hydrogen-bond acceptors (Lipinski definition) is 4. The van der Waals surface area contributed by atoms with Crippen molar-refractivity contribution < 1.29 is 4.79 Å². The van der Waals surface area contributed by atoms with E-state index in [1.807, 2.05) is 18.2 Å². The number of nitrogens with one attached hydrogen (secondary N) is 2. The van der Waals surface area contributed by atoms with Crippen molar-refractivity contribution in [2.75, 3.05) is 5.43 Å². The number of amides is 1. The number of nitrogen functional groups attached to an aromatic ring is 1. The van der Waals surface area contributed by atoms with Crippen LogP contribution in [-0.4, -0.2) is 10.9 Å². The van der Waals surface area contributed by atoms with Gasteiger partial charge in [-0.3, -0.25) is 4.79 Å². The molecule has 0 radical (unpaired) electrons. The van der Waals surface area contributed by atoms with E-state index in [9.17, 15) is 4.79 Å². The van der Waals surface area contributed by atoms with Crippen LogP contribution in [-0.2, 0) is 6.54 Å². The van der Waals surface area contributed by atoms with Gasteiger partial charge in [-0.2, -0.15) is 0 Å². The summed E-state index contributed by atoms with van der Waals surface area (Å²) in [5.41, 5.74) is 3.55. The van der Waals surface area contributed by atoms with Crippen molar-refractivity contribution in [1.29, 1.82) is 0 Å². The largest absolute Gasteiger partial charge is 0.348 e. The lowest BCUT2D eigenvalue weighted by atomic mass is 10.2. The number of pyridine rings is 1. The monoisotopic (exact) mass is 310 g/mol. The third-order valence-electron chi connectivity index (χ3n) is 2.60. The van der Waals surface area contributed by atoms with Gasteiger partial charge in [0.05, 0.1) is 0 Å². The van der Waals surface area contributed by atoms with Crippen LogP contribution in [0.15, 0.2) is 36.4 Å². The molecule has 2 rings (SSSR count). The number of rotatable bonds is 4. The molecule has 1 heterocycles. The molecular formula is C13H12Cl2N4O. The van der Waals surface area contributed by atoms with Crippen LogP contribution in [0, 0.1) is 0 Å². The van der Waals surface area contributed by atoms with Crippen molar-refractivity contribution >= 4 is 34.9 Å². The third-order valence-corrected chi connectivity index (χ3v) is 3.16. The fourth-order valence-electron chi connectivity index (χ4n) is 1.62. The number of aromatic nitrogens is 1. The van der Waals surface area contributed by atoms with Crippen molar-refractivity contribution in [2.24, 2.45) is 5.84 Å². The van der Waals surface area contributed by atoms with Crippen molar-refractivity contribution in [3.63, 3.8) is 0 Å². The summed E-state index contributed by atoms with van der Waals surface area (Å²) in [7, 11) is 0. The molecule has 4 N–H and O–H groups in total. The molecule has 2 aromatic rings. The van der Waals surface area contributed by atoms with Crippen molar-refractivity contribution in [3.05, 3.63) is 57.7 Å². The molecule has 0 saturated carbocycles. The summed E-state index contributed by atoms with van der Waals surface area (Å²) in [4.78, 5) is 15.9. The van der Waals surface area contributed by atoms with E-state index in [0.717, 1.165) is 5.56 Å². The topological polar surface area (TPSA) is 80.0 Å². The smallest absolute Gasteiger partial charge is 0.251 e. The summed E-state index contributed by atoms with van der Waals surface area (Å²) in [5.74, 6) is 5.29. The number of nitrogens with two attached hydrogens (primary N) is 1. The molecule has 0 saturated heterocycles.